The van der Waals surface area contributed by atoms with E-state index >= 15 is 0 Å². The Balaban J connectivity index is 1.50. The molecule has 5 rings (SSSR count). The van der Waals surface area contributed by atoms with Crippen molar-refractivity contribution in [3.05, 3.63) is 140 Å². The molecule has 10 heteroatoms. The quantitative estimate of drug-likeness (QED) is 0.101. The van der Waals surface area contributed by atoms with Crippen LogP contribution in [-0.2, 0) is 16.1 Å². The van der Waals surface area contributed by atoms with E-state index < -0.39 is 17.6 Å². The first-order valence-electron chi connectivity index (χ1n) is 14.4. The van der Waals surface area contributed by atoms with Crippen LogP contribution in [0.15, 0.2) is 108 Å². The number of nitrogens with one attached hydrogen (secondary N) is 2. The minimum atomic E-state index is -1.44. The molecular formula is C35H32Cl3N3O4. The molecule has 0 saturated heterocycles. The lowest BCUT2D eigenvalue weighted by Gasteiger charge is -2.30. The molecule has 45 heavy (non-hydrogen) atoms. The SMILES string of the molecule is O=C(NNCc1ccc(Cl)cc1)[C@@]1(C/C=C/c2ccccc2)N=C(c2ccc(OCCCO)cc2)O[C@H]1c1ccc(Cl)cc1Cl. The molecule has 3 N–H and O–H groups in total. The van der Waals surface area contributed by atoms with Crippen LogP contribution in [0, 0.1) is 0 Å². The van der Waals surface area contributed by atoms with Crippen LogP contribution < -0.4 is 15.6 Å². The Hall–Kier alpha value is -3.85. The van der Waals surface area contributed by atoms with Gasteiger partial charge in [0.25, 0.3) is 5.91 Å². The normalized spacial score (nSPS) is 17.6. The summed E-state index contributed by atoms with van der Waals surface area (Å²) in [6.07, 6.45) is 3.71. The van der Waals surface area contributed by atoms with E-state index in [1.54, 1.807) is 42.5 Å². The molecule has 0 spiro atoms. The van der Waals surface area contributed by atoms with Crippen LogP contribution in [0.1, 0.15) is 41.2 Å². The Labute approximate surface area is 277 Å². The zero-order valence-corrected chi connectivity index (χ0v) is 26.5. The summed E-state index contributed by atoms with van der Waals surface area (Å²) in [5, 5.41) is 10.5. The number of halogens is 3. The number of amides is 1. The first-order valence-corrected chi connectivity index (χ1v) is 15.6. The van der Waals surface area contributed by atoms with E-state index in [-0.39, 0.29) is 18.9 Å². The highest BCUT2D eigenvalue weighted by Crippen LogP contribution is 2.45. The summed E-state index contributed by atoms with van der Waals surface area (Å²) in [5.41, 5.74) is 7.61. The van der Waals surface area contributed by atoms with Gasteiger partial charge in [-0.25, -0.2) is 10.4 Å². The summed E-state index contributed by atoms with van der Waals surface area (Å²) in [6, 6.07) is 29.5. The monoisotopic (exact) mass is 663 g/mol. The van der Waals surface area contributed by atoms with Crippen molar-refractivity contribution in [1.29, 1.82) is 0 Å². The standard InChI is InChI=1S/C35H32Cl3N3O4/c36-27-13-9-25(10-14-27)23-39-41-34(43)35(19-4-8-24-6-2-1-3-7-24)32(30-18-15-28(37)22-31(30)38)45-33(40-35)26-11-16-29(17-12-26)44-21-5-20-42/h1-4,6-18,22,32,39,42H,5,19-21,23H2,(H,41,43)/b8-4+/t32-,35-/m0/s1. The van der Waals surface area contributed by atoms with E-state index in [0.29, 0.717) is 51.5 Å². The van der Waals surface area contributed by atoms with Crippen LogP contribution in [0.3, 0.4) is 0 Å². The topological polar surface area (TPSA) is 92.2 Å². The summed E-state index contributed by atoms with van der Waals surface area (Å²) in [6.45, 7) is 0.805. The molecule has 1 amide bonds. The lowest BCUT2D eigenvalue weighted by molar-refractivity contribution is -0.129. The number of hydrogen-bond donors (Lipinski definition) is 3. The number of aliphatic hydroxyl groups is 1. The zero-order chi connectivity index (χ0) is 31.6. The van der Waals surface area contributed by atoms with Gasteiger partial charge in [-0.1, -0.05) is 95.5 Å². The maximum atomic E-state index is 14.3. The highest BCUT2D eigenvalue weighted by Gasteiger charge is 2.53. The summed E-state index contributed by atoms with van der Waals surface area (Å²) >= 11 is 19.0. The number of ether oxygens (including phenoxy) is 2. The number of nitrogens with zero attached hydrogens (tertiary/aromatic N) is 1. The smallest absolute Gasteiger partial charge is 0.266 e. The molecule has 4 aromatic carbocycles. The van der Waals surface area contributed by atoms with Gasteiger partial charge in [0.2, 0.25) is 5.90 Å². The lowest BCUT2D eigenvalue weighted by atomic mass is 9.84. The molecule has 1 aliphatic heterocycles. The van der Waals surface area contributed by atoms with Crippen LogP contribution in [0.4, 0.5) is 0 Å². The van der Waals surface area contributed by atoms with E-state index in [9.17, 15) is 4.79 Å². The molecule has 0 fully saturated rings. The predicted octanol–water partition coefficient (Wildman–Crippen LogP) is 7.59. The Kier molecular flexibility index (Phi) is 11.2. The fourth-order valence-electron chi connectivity index (χ4n) is 4.88. The molecule has 7 nitrogen and oxygen atoms in total. The summed E-state index contributed by atoms with van der Waals surface area (Å²) in [5.74, 6) is 0.530. The van der Waals surface area contributed by atoms with Crippen LogP contribution in [0.5, 0.6) is 5.75 Å². The Morgan fingerprint density at radius 3 is 2.40 bits per heavy atom. The predicted molar refractivity (Wildman–Crippen MR) is 180 cm³/mol. The van der Waals surface area contributed by atoms with Crippen molar-refractivity contribution in [3.63, 3.8) is 0 Å². The number of carbonyl (C=O) groups excluding carboxylic acids is 1. The summed E-state index contributed by atoms with van der Waals surface area (Å²) in [7, 11) is 0. The first kappa shape index (κ1) is 32.5. The van der Waals surface area contributed by atoms with Crippen molar-refractivity contribution in [1.82, 2.24) is 10.9 Å². The van der Waals surface area contributed by atoms with Crippen LogP contribution >= 0.6 is 34.8 Å². The summed E-state index contributed by atoms with van der Waals surface area (Å²) < 4.78 is 12.2. The second-order valence-corrected chi connectivity index (χ2v) is 11.7. The van der Waals surface area contributed by atoms with Crippen molar-refractivity contribution >= 4 is 52.7 Å². The number of benzene rings is 4. The van der Waals surface area contributed by atoms with Crippen LogP contribution in [0.2, 0.25) is 15.1 Å². The molecule has 4 aromatic rings. The van der Waals surface area contributed by atoms with E-state index in [0.717, 1.165) is 11.1 Å². The van der Waals surface area contributed by atoms with Crippen LogP contribution in [0.25, 0.3) is 6.08 Å². The largest absolute Gasteiger partial charge is 0.494 e. The minimum Gasteiger partial charge on any atom is -0.494 e. The van der Waals surface area contributed by atoms with Gasteiger partial charge in [0, 0.05) is 52.2 Å². The zero-order valence-electron chi connectivity index (χ0n) is 24.3. The fourth-order valence-corrected chi connectivity index (χ4v) is 5.52. The molecule has 0 radical (unpaired) electrons. The van der Waals surface area contributed by atoms with Crippen molar-refractivity contribution in [2.75, 3.05) is 13.2 Å². The second kappa shape index (κ2) is 15.4. The molecule has 0 bridgehead atoms. The number of hydrogen-bond acceptors (Lipinski definition) is 6. The molecular weight excluding hydrogens is 633 g/mol. The van der Waals surface area contributed by atoms with E-state index in [2.05, 4.69) is 10.9 Å². The van der Waals surface area contributed by atoms with Gasteiger partial charge in [-0.3, -0.25) is 10.2 Å². The van der Waals surface area contributed by atoms with E-state index in [1.807, 2.05) is 66.7 Å². The number of carbonyl (C=O) groups is 1. The van der Waals surface area contributed by atoms with Gasteiger partial charge < -0.3 is 14.6 Å². The Bertz CT molecular complexity index is 1650. The third kappa shape index (κ3) is 8.25. The van der Waals surface area contributed by atoms with Crippen molar-refractivity contribution in [2.45, 2.75) is 31.0 Å². The Morgan fingerprint density at radius 2 is 1.69 bits per heavy atom. The third-order valence-corrected chi connectivity index (χ3v) is 8.04. The number of aliphatic imine (C=N–C) groups is 1. The van der Waals surface area contributed by atoms with Gasteiger partial charge in [-0.05, 0) is 59.7 Å². The molecule has 1 heterocycles. The van der Waals surface area contributed by atoms with Gasteiger partial charge >= 0.3 is 0 Å². The maximum Gasteiger partial charge on any atom is 0.266 e. The molecule has 2 atom stereocenters. The van der Waals surface area contributed by atoms with Gasteiger partial charge in [0.05, 0.1) is 6.61 Å². The maximum absolute atomic E-state index is 14.3. The lowest BCUT2D eigenvalue weighted by Crippen LogP contribution is -2.52. The van der Waals surface area contributed by atoms with Gasteiger partial charge in [-0.2, -0.15) is 0 Å². The second-order valence-electron chi connectivity index (χ2n) is 10.4. The van der Waals surface area contributed by atoms with Crippen LogP contribution in [-0.4, -0.2) is 35.7 Å². The van der Waals surface area contributed by atoms with E-state index in [4.69, 9.17) is 54.4 Å². The average Bonchev–Trinajstić information content (AvgIpc) is 3.43. The number of hydrazine groups is 1. The molecule has 0 saturated carbocycles. The average molecular weight is 665 g/mol. The van der Waals surface area contributed by atoms with E-state index in [1.165, 1.54) is 0 Å². The molecule has 0 unspecified atom stereocenters. The van der Waals surface area contributed by atoms with Crippen molar-refractivity contribution in [2.24, 2.45) is 4.99 Å². The molecule has 0 aromatic heterocycles. The first-order chi connectivity index (χ1) is 21.9. The van der Waals surface area contributed by atoms with Gasteiger partial charge in [0.1, 0.15) is 5.75 Å². The molecule has 0 aliphatic carbocycles. The van der Waals surface area contributed by atoms with Crippen molar-refractivity contribution < 1.29 is 19.4 Å². The van der Waals surface area contributed by atoms with Gasteiger partial charge in [0.15, 0.2) is 11.6 Å². The minimum absolute atomic E-state index is 0.0504. The number of rotatable bonds is 13. The summed E-state index contributed by atoms with van der Waals surface area (Å²) in [4.78, 5) is 19.3. The van der Waals surface area contributed by atoms with Gasteiger partial charge in [-0.15, -0.1) is 0 Å². The Morgan fingerprint density at radius 1 is 0.956 bits per heavy atom. The molecule has 1 aliphatic rings. The third-order valence-electron chi connectivity index (χ3n) is 7.22. The van der Waals surface area contributed by atoms with Crippen molar-refractivity contribution in [3.8, 4) is 5.75 Å². The molecule has 232 valence electrons. The highest BCUT2D eigenvalue weighted by molar-refractivity contribution is 6.35. The number of aliphatic hydroxyl groups excluding tert-OH is 1. The highest BCUT2D eigenvalue weighted by atomic mass is 35.5. The fraction of sp³-hybridized carbons (Fsp3) is 0.200.